The Hall–Kier alpha value is -3.76. The van der Waals surface area contributed by atoms with Gasteiger partial charge in [-0.2, -0.15) is 13.2 Å². The predicted molar refractivity (Wildman–Crippen MR) is 152 cm³/mol. The van der Waals surface area contributed by atoms with E-state index >= 15 is 0 Å². The molecule has 1 unspecified atom stereocenters. The van der Waals surface area contributed by atoms with Gasteiger partial charge in [0.2, 0.25) is 10.0 Å². The van der Waals surface area contributed by atoms with Gasteiger partial charge in [0.1, 0.15) is 5.75 Å². The van der Waals surface area contributed by atoms with Gasteiger partial charge in [0, 0.05) is 35.5 Å². The Kier molecular flexibility index (Phi) is 9.45. The number of fused-ring (bicyclic) bond motifs is 1. The number of para-hydroxylation sites is 1. The highest BCUT2D eigenvalue weighted by Gasteiger charge is 2.30. The van der Waals surface area contributed by atoms with Crippen LogP contribution in [0.2, 0.25) is 0 Å². The fraction of sp³-hybridized carbons (Fsp3) is 0.290. The molecule has 1 N–H and O–H groups in total. The topological polar surface area (TPSA) is 85.4 Å². The van der Waals surface area contributed by atoms with Gasteiger partial charge in [-0.1, -0.05) is 30.3 Å². The first-order valence-corrected chi connectivity index (χ1v) is 14.7. The molecule has 4 rings (SSSR count). The van der Waals surface area contributed by atoms with Crippen molar-refractivity contribution in [1.82, 2.24) is 9.71 Å². The second-order valence-electron chi connectivity index (χ2n) is 9.83. The molecule has 1 heterocycles. The van der Waals surface area contributed by atoms with Crippen LogP contribution in [0.25, 0.3) is 10.9 Å². The van der Waals surface area contributed by atoms with Crippen LogP contribution in [0, 0.1) is 6.92 Å². The molecule has 0 saturated heterocycles. The molecule has 216 valence electrons. The van der Waals surface area contributed by atoms with Crippen molar-refractivity contribution in [2.24, 2.45) is 0 Å². The number of benzene rings is 3. The summed E-state index contributed by atoms with van der Waals surface area (Å²) in [6, 6.07) is 20.0. The van der Waals surface area contributed by atoms with Gasteiger partial charge >= 0.3 is 6.18 Å². The van der Waals surface area contributed by atoms with Crippen molar-refractivity contribution in [2.75, 3.05) is 13.7 Å². The molecule has 4 aromatic rings. The normalized spacial score (nSPS) is 12.8. The van der Waals surface area contributed by atoms with Crippen molar-refractivity contribution < 1.29 is 31.1 Å². The number of sulfonamides is 1. The molecule has 0 aliphatic rings. The standard InChI is InChI=1S/C31H31F3N2O4S/c1-21-20-29(36-28-8-4-3-7-27(21)28)22(11-18-30(37)23-9-12-24(13-10-23)31(32,33)34)6-5-19-35-41(38,39)26-16-14-25(40-2)15-17-26/h3-4,7-10,12-17,20,22,35H,5-6,11,18-19H2,1-2H3. The Morgan fingerprint density at radius 3 is 2.32 bits per heavy atom. The van der Waals surface area contributed by atoms with E-state index in [-0.39, 0.29) is 35.1 Å². The molecule has 1 aromatic heterocycles. The van der Waals surface area contributed by atoms with Gasteiger partial charge in [-0.05, 0) is 80.3 Å². The van der Waals surface area contributed by atoms with Gasteiger partial charge in [-0.15, -0.1) is 0 Å². The van der Waals surface area contributed by atoms with Crippen LogP contribution in [0.1, 0.15) is 58.8 Å². The lowest BCUT2D eigenvalue weighted by molar-refractivity contribution is -0.137. The minimum absolute atomic E-state index is 0.112. The third-order valence-electron chi connectivity index (χ3n) is 7.01. The smallest absolute Gasteiger partial charge is 0.416 e. The fourth-order valence-corrected chi connectivity index (χ4v) is 5.79. The van der Waals surface area contributed by atoms with Crippen molar-refractivity contribution in [2.45, 2.75) is 49.6 Å². The number of carbonyl (C=O) groups excluding carboxylic acids is 1. The minimum atomic E-state index is -4.47. The van der Waals surface area contributed by atoms with E-state index in [2.05, 4.69) is 4.72 Å². The lowest BCUT2D eigenvalue weighted by atomic mass is 9.90. The fourth-order valence-electron chi connectivity index (χ4n) is 4.71. The number of aryl methyl sites for hydroxylation is 1. The summed E-state index contributed by atoms with van der Waals surface area (Å²) in [5, 5.41) is 1.02. The summed E-state index contributed by atoms with van der Waals surface area (Å²) < 4.78 is 71.9. The molecule has 0 radical (unpaired) electrons. The lowest BCUT2D eigenvalue weighted by Gasteiger charge is -2.18. The summed E-state index contributed by atoms with van der Waals surface area (Å²) in [6.45, 7) is 2.17. The summed E-state index contributed by atoms with van der Waals surface area (Å²) in [6.07, 6.45) is -2.91. The van der Waals surface area contributed by atoms with E-state index in [1.807, 2.05) is 37.3 Å². The zero-order chi connectivity index (χ0) is 29.6. The molecule has 0 saturated carbocycles. The highest BCUT2D eigenvalue weighted by molar-refractivity contribution is 7.89. The Morgan fingerprint density at radius 1 is 0.976 bits per heavy atom. The Bertz CT molecular complexity index is 1600. The monoisotopic (exact) mass is 584 g/mol. The molecule has 0 spiro atoms. The number of aromatic nitrogens is 1. The number of nitrogens with zero attached hydrogens (tertiary/aromatic N) is 1. The average Bonchev–Trinajstić information content (AvgIpc) is 2.96. The first-order chi connectivity index (χ1) is 19.5. The van der Waals surface area contributed by atoms with Crippen LogP contribution in [0.4, 0.5) is 13.2 Å². The van der Waals surface area contributed by atoms with E-state index in [1.165, 1.54) is 31.4 Å². The van der Waals surface area contributed by atoms with Crippen LogP contribution in [0.5, 0.6) is 5.75 Å². The summed E-state index contributed by atoms with van der Waals surface area (Å²) in [4.78, 5) is 17.8. The number of methoxy groups -OCH3 is 1. The molecular weight excluding hydrogens is 553 g/mol. The number of ether oxygens (including phenoxy) is 1. The second-order valence-corrected chi connectivity index (χ2v) is 11.6. The van der Waals surface area contributed by atoms with Gasteiger partial charge in [-0.3, -0.25) is 9.78 Å². The maximum Gasteiger partial charge on any atom is 0.416 e. The number of alkyl halides is 3. The van der Waals surface area contributed by atoms with Crippen molar-refractivity contribution in [1.29, 1.82) is 0 Å². The number of pyridine rings is 1. The van der Waals surface area contributed by atoms with Crippen LogP contribution in [0.3, 0.4) is 0 Å². The number of halogens is 3. The Morgan fingerprint density at radius 2 is 1.66 bits per heavy atom. The van der Waals surface area contributed by atoms with Crippen LogP contribution < -0.4 is 9.46 Å². The number of rotatable bonds is 12. The lowest BCUT2D eigenvalue weighted by Crippen LogP contribution is -2.25. The highest BCUT2D eigenvalue weighted by atomic mass is 32.2. The third-order valence-corrected chi connectivity index (χ3v) is 8.48. The third kappa shape index (κ3) is 7.71. The molecule has 0 bridgehead atoms. The SMILES string of the molecule is COc1ccc(S(=O)(=O)NCCCC(CCC(=O)c2ccc(C(F)(F)F)cc2)c2cc(C)c3ccccc3n2)cc1. The first-order valence-electron chi connectivity index (χ1n) is 13.2. The molecular formula is C31H31F3N2O4S. The van der Waals surface area contributed by atoms with Crippen LogP contribution in [-0.2, 0) is 16.2 Å². The van der Waals surface area contributed by atoms with Crippen molar-refractivity contribution >= 4 is 26.7 Å². The van der Waals surface area contributed by atoms with E-state index in [9.17, 15) is 26.4 Å². The minimum Gasteiger partial charge on any atom is -0.497 e. The predicted octanol–water partition coefficient (Wildman–Crippen LogP) is 7.08. The molecule has 1 atom stereocenters. The number of nitrogens with one attached hydrogen (secondary N) is 1. The molecule has 0 fully saturated rings. The highest BCUT2D eigenvalue weighted by Crippen LogP contribution is 2.31. The van der Waals surface area contributed by atoms with E-state index in [0.29, 0.717) is 25.0 Å². The largest absolute Gasteiger partial charge is 0.497 e. The van der Waals surface area contributed by atoms with Gasteiger partial charge in [0.25, 0.3) is 0 Å². The maximum atomic E-state index is 12.9. The molecule has 6 nitrogen and oxygen atoms in total. The number of Topliss-reactive ketones (excluding diaryl/α,β-unsaturated/α-hetero) is 1. The molecule has 3 aromatic carbocycles. The average molecular weight is 585 g/mol. The van der Waals surface area contributed by atoms with Crippen molar-refractivity contribution in [3.05, 3.63) is 101 Å². The van der Waals surface area contributed by atoms with Gasteiger partial charge in [0.05, 0.1) is 23.1 Å². The van der Waals surface area contributed by atoms with Crippen LogP contribution in [0.15, 0.2) is 83.8 Å². The van der Waals surface area contributed by atoms with E-state index in [4.69, 9.17) is 9.72 Å². The van der Waals surface area contributed by atoms with Gasteiger partial charge in [0.15, 0.2) is 5.78 Å². The van der Waals surface area contributed by atoms with Crippen molar-refractivity contribution in [3.8, 4) is 5.75 Å². The Balaban J connectivity index is 1.46. The van der Waals surface area contributed by atoms with Crippen molar-refractivity contribution in [3.63, 3.8) is 0 Å². The van der Waals surface area contributed by atoms with E-state index in [1.54, 1.807) is 12.1 Å². The van der Waals surface area contributed by atoms with Crippen LogP contribution in [-0.4, -0.2) is 32.8 Å². The van der Waals surface area contributed by atoms with Gasteiger partial charge < -0.3 is 4.74 Å². The van der Waals surface area contributed by atoms with E-state index < -0.39 is 21.8 Å². The number of hydrogen-bond donors (Lipinski definition) is 1. The molecule has 10 heteroatoms. The molecule has 0 amide bonds. The quantitative estimate of drug-likeness (QED) is 0.142. The number of ketones is 1. The summed E-state index contributed by atoms with van der Waals surface area (Å²) in [5.74, 6) is 0.124. The van der Waals surface area contributed by atoms with Gasteiger partial charge in [-0.25, -0.2) is 13.1 Å². The van der Waals surface area contributed by atoms with Crippen LogP contribution >= 0.6 is 0 Å². The zero-order valence-corrected chi connectivity index (χ0v) is 23.6. The zero-order valence-electron chi connectivity index (χ0n) is 22.7. The molecule has 0 aliphatic heterocycles. The van der Waals surface area contributed by atoms with E-state index in [0.717, 1.165) is 34.3 Å². The first kappa shape index (κ1) is 30.2. The number of carbonyl (C=O) groups is 1. The Labute approximate surface area is 237 Å². The number of hydrogen-bond acceptors (Lipinski definition) is 5. The molecule has 41 heavy (non-hydrogen) atoms. The summed E-state index contributed by atoms with van der Waals surface area (Å²) in [5.41, 5.74) is 2.05. The second kappa shape index (κ2) is 12.8. The molecule has 0 aliphatic carbocycles. The maximum absolute atomic E-state index is 12.9. The summed E-state index contributed by atoms with van der Waals surface area (Å²) in [7, 11) is -2.21. The summed E-state index contributed by atoms with van der Waals surface area (Å²) >= 11 is 0.